The van der Waals surface area contributed by atoms with Gasteiger partial charge in [-0.1, -0.05) is 12.1 Å². The average Bonchev–Trinajstić information content (AvgIpc) is 2.72. The van der Waals surface area contributed by atoms with E-state index in [0.717, 1.165) is 0 Å². The van der Waals surface area contributed by atoms with Gasteiger partial charge in [0.05, 0.1) is 17.9 Å². The number of hydrogen-bond acceptors (Lipinski definition) is 3. The molecule has 1 aromatic carbocycles. The average molecular weight is 289 g/mol. The van der Waals surface area contributed by atoms with E-state index in [0.29, 0.717) is 34.4 Å². The second kappa shape index (κ2) is 5.91. The zero-order valence-corrected chi connectivity index (χ0v) is 12.1. The highest BCUT2D eigenvalue weighted by molar-refractivity contribution is 6.03. The zero-order chi connectivity index (χ0) is 15.6. The van der Waals surface area contributed by atoms with Crippen LogP contribution in [0, 0.1) is 12.7 Å². The summed E-state index contributed by atoms with van der Waals surface area (Å²) < 4.78 is 19.8. The first-order valence-electron chi connectivity index (χ1n) is 6.58. The standard InChI is InChI=1S/C16H16FNO3/c1-4-21-16(20)14-10(2)18(3)13(9-19)15(14)11-5-7-12(17)8-6-11/h5-9H,4H2,1-3H3. The molecule has 21 heavy (non-hydrogen) atoms. The number of hydrogen-bond donors (Lipinski definition) is 0. The third-order valence-electron chi connectivity index (χ3n) is 3.46. The van der Waals surface area contributed by atoms with Crippen LogP contribution in [0.15, 0.2) is 24.3 Å². The van der Waals surface area contributed by atoms with Gasteiger partial charge in [0, 0.05) is 18.3 Å². The van der Waals surface area contributed by atoms with Crippen molar-refractivity contribution in [1.29, 1.82) is 0 Å². The van der Waals surface area contributed by atoms with Gasteiger partial charge in [-0.3, -0.25) is 4.79 Å². The van der Waals surface area contributed by atoms with E-state index in [1.807, 2.05) is 0 Å². The van der Waals surface area contributed by atoms with Gasteiger partial charge in [0.25, 0.3) is 0 Å². The molecule has 4 nitrogen and oxygen atoms in total. The predicted molar refractivity (Wildman–Crippen MR) is 76.9 cm³/mol. The van der Waals surface area contributed by atoms with Gasteiger partial charge in [0.1, 0.15) is 5.82 Å². The number of aromatic nitrogens is 1. The van der Waals surface area contributed by atoms with E-state index in [-0.39, 0.29) is 12.4 Å². The molecule has 0 N–H and O–H groups in total. The molecule has 0 bridgehead atoms. The smallest absolute Gasteiger partial charge is 0.340 e. The lowest BCUT2D eigenvalue weighted by atomic mass is 10.0. The summed E-state index contributed by atoms with van der Waals surface area (Å²) in [6, 6.07) is 5.67. The van der Waals surface area contributed by atoms with Crippen molar-refractivity contribution in [3.8, 4) is 11.1 Å². The SMILES string of the molecule is CCOC(=O)c1c(-c2ccc(F)cc2)c(C=O)n(C)c1C. The Bertz CT molecular complexity index is 687. The molecule has 0 aliphatic rings. The quantitative estimate of drug-likeness (QED) is 0.642. The number of rotatable bonds is 4. The fourth-order valence-electron chi connectivity index (χ4n) is 2.32. The van der Waals surface area contributed by atoms with Crippen LogP contribution in [-0.4, -0.2) is 23.4 Å². The number of esters is 1. The van der Waals surface area contributed by atoms with Crippen LogP contribution in [0.5, 0.6) is 0 Å². The minimum absolute atomic E-state index is 0.243. The molecule has 0 aliphatic heterocycles. The van der Waals surface area contributed by atoms with Crippen LogP contribution in [0.2, 0.25) is 0 Å². The van der Waals surface area contributed by atoms with Crippen molar-refractivity contribution in [2.24, 2.45) is 7.05 Å². The van der Waals surface area contributed by atoms with Crippen molar-refractivity contribution >= 4 is 12.3 Å². The third-order valence-corrected chi connectivity index (χ3v) is 3.46. The molecule has 1 heterocycles. The normalized spacial score (nSPS) is 10.5. The molecule has 0 unspecified atom stereocenters. The van der Waals surface area contributed by atoms with Crippen molar-refractivity contribution in [3.63, 3.8) is 0 Å². The Labute approximate surface area is 122 Å². The molecule has 2 aromatic rings. The van der Waals surface area contributed by atoms with E-state index < -0.39 is 5.97 Å². The molecule has 1 aromatic heterocycles. The van der Waals surface area contributed by atoms with E-state index in [1.54, 1.807) is 37.6 Å². The van der Waals surface area contributed by atoms with Crippen LogP contribution in [0.4, 0.5) is 4.39 Å². The van der Waals surface area contributed by atoms with Crippen LogP contribution in [-0.2, 0) is 11.8 Å². The lowest BCUT2D eigenvalue weighted by molar-refractivity contribution is 0.0526. The Morgan fingerprint density at radius 2 is 1.95 bits per heavy atom. The summed E-state index contributed by atoms with van der Waals surface area (Å²) in [6.45, 7) is 3.70. The van der Waals surface area contributed by atoms with Gasteiger partial charge in [0.2, 0.25) is 0 Å². The Morgan fingerprint density at radius 3 is 2.48 bits per heavy atom. The van der Waals surface area contributed by atoms with Crippen molar-refractivity contribution < 1.29 is 18.7 Å². The minimum Gasteiger partial charge on any atom is -0.462 e. The first-order valence-corrected chi connectivity index (χ1v) is 6.58. The molecular formula is C16H16FNO3. The van der Waals surface area contributed by atoms with Gasteiger partial charge in [-0.2, -0.15) is 0 Å². The van der Waals surface area contributed by atoms with Crippen molar-refractivity contribution in [3.05, 3.63) is 47.0 Å². The highest BCUT2D eigenvalue weighted by Crippen LogP contribution is 2.32. The van der Waals surface area contributed by atoms with E-state index in [1.165, 1.54) is 12.1 Å². The van der Waals surface area contributed by atoms with E-state index >= 15 is 0 Å². The summed E-state index contributed by atoms with van der Waals surface area (Å²) >= 11 is 0. The molecule has 110 valence electrons. The maximum Gasteiger partial charge on any atom is 0.340 e. The topological polar surface area (TPSA) is 48.3 Å². The maximum absolute atomic E-state index is 13.1. The molecule has 0 saturated heterocycles. The lowest BCUT2D eigenvalue weighted by Crippen LogP contribution is -2.07. The van der Waals surface area contributed by atoms with E-state index in [4.69, 9.17) is 4.74 Å². The second-order valence-electron chi connectivity index (χ2n) is 4.62. The van der Waals surface area contributed by atoms with Gasteiger partial charge >= 0.3 is 5.97 Å². The number of aldehydes is 1. The summed E-state index contributed by atoms with van der Waals surface area (Å²) in [5, 5.41) is 0. The number of nitrogens with zero attached hydrogens (tertiary/aromatic N) is 1. The monoisotopic (exact) mass is 289 g/mol. The van der Waals surface area contributed by atoms with Crippen LogP contribution < -0.4 is 0 Å². The number of carbonyl (C=O) groups is 2. The van der Waals surface area contributed by atoms with Crippen LogP contribution in [0.1, 0.15) is 33.5 Å². The number of carbonyl (C=O) groups excluding carboxylic acids is 2. The molecule has 0 atom stereocenters. The van der Waals surface area contributed by atoms with Crippen molar-refractivity contribution in [2.45, 2.75) is 13.8 Å². The zero-order valence-electron chi connectivity index (χ0n) is 12.1. The molecule has 0 amide bonds. The maximum atomic E-state index is 13.1. The van der Waals surface area contributed by atoms with Gasteiger partial charge in [0.15, 0.2) is 6.29 Å². The van der Waals surface area contributed by atoms with Crippen LogP contribution in [0.25, 0.3) is 11.1 Å². The highest BCUT2D eigenvalue weighted by Gasteiger charge is 2.25. The highest BCUT2D eigenvalue weighted by atomic mass is 19.1. The van der Waals surface area contributed by atoms with Gasteiger partial charge < -0.3 is 9.30 Å². The molecule has 2 rings (SSSR count). The minimum atomic E-state index is -0.488. The van der Waals surface area contributed by atoms with Crippen LogP contribution in [0.3, 0.4) is 0 Å². The Morgan fingerprint density at radius 1 is 1.33 bits per heavy atom. The number of halogens is 1. The molecule has 0 spiro atoms. The number of ether oxygens (including phenoxy) is 1. The fraction of sp³-hybridized carbons (Fsp3) is 0.250. The molecule has 0 aliphatic carbocycles. The second-order valence-corrected chi connectivity index (χ2v) is 4.62. The Kier molecular flexibility index (Phi) is 4.21. The third kappa shape index (κ3) is 2.59. The lowest BCUT2D eigenvalue weighted by Gasteiger charge is -2.06. The first-order chi connectivity index (χ1) is 10.0. The molecular weight excluding hydrogens is 273 g/mol. The predicted octanol–water partition coefficient (Wildman–Crippen LogP) is 3.13. The van der Waals surface area contributed by atoms with Crippen LogP contribution >= 0.6 is 0 Å². The van der Waals surface area contributed by atoms with Crippen molar-refractivity contribution in [1.82, 2.24) is 4.57 Å². The fourth-order valence-corrected chi connectivity index (χ4v) is 2.32. The largest absolute Gasteiger partial charge is 0.462 e. The summed E-state index contributed by atoms with van der Waals surface area (Å²) in [5.41, 5.74) is 2.42. The first kappa shape index (κ1) is 15.0. The van der Waals surface area contributed by atoms with E-state index in [9.17, 15) is 14.0 Å². The summed E-state index contributed by atoms with van der Waals surface area (Å²) in [5.74, 6) is -0.866. The van der Waals surface area contributed by atoms with Gasteiger partial charge in [-0.05, 0) is 31.5 Å². The molecule has 5 heteroatoms. The van der Waals surface area contributed by atoms with E-state index in [2.05, 4.69) is 0 Å². The van der Waals surface area contributed by atoms with Crippen molar-refractivity contribution in [2.75, 3.05) is 6.61 Å². The van der Waals surface area contributed by atoms with Gasteiger partial charge in [-0.25, -0.2) is 9.18 Å². The Hall–Kier alpha value is -2.43. The summed E-state index contributed by atoms with van der Waals surface area (Å²) in [4.78, 5) is 23.6. The molecule has 0 fully saturated rings. The molecule has 0 saturated carbocycles. The number of benzene rings is 1. The summed E-state index contributed by atoms with van der Waals surface area (Å²) in [6.07, 6.45) is 0.689. The Balaban J connectivity index is 2.72. The summed E-state index contributed by atoms with van der Waals surface area (Å²) in [7, 11) is 1.70. The molecule has 0 radical (unpaired) electrons. The van der Waals surface area contributed by atoms with Gasteiger partial charge in [-0.15, -0.1) is 0 Å².